The highest BCUT2D eigenvalue weighted by molar-refractivity contribution is 6.35. The molecule has 2 aromatic rings. The molecule has 0 atom stereocenters. The quantitative estimate of drug-likeness (QED) is 0.919. The summed E-state index contributed by atoms with van der Waals surface area (Å²) in [7, 11) is 0. The monoisotopic (exact) mass is 259 g/mol. The van der Waals surface area contributed by atoms with E-state index in [0.29, 0.717) is 10.9 Å². The van der Waals surface area contributed by atoms with E-state index in [4.69, 9.17) is 16.7 Å². The number of halogens is 3. The van der Waals surface area contributed by atoms with Crippen molar-refractivity contribution in [3.63, 3.8) is 0 Å². The van der Waals surface area contributed by atoms with E-state index < -0.39 is 18.9 Å². The summed E-state index contributed by atoms with van der Waals surface area (Å²) in [6.07, 6.45) is -2.59. The lowest BCUT2D eigenvalue weighted by atomic mass is 10.2. The minimum atomic E-state index is -2.59. The Balaban J connectivity index is 2.75. The third-order valence-electron chi connectivity index (χ3n) is 2.44. The molecule has 90 valence electrons. The van der Waals surface area contributed by atoms with Gasteiger partial charge in [-0.1, -0.05) is 29.8 Å². The molecular weight excluding hydrogens is 252 g/mol. The second-order valence-electron chi connectivity index (χ2n) is 3.49. The number of carbonyl (C=O) groups is 1. The van der Waals surface area contributed by atoms with Gasteiger partial charge in [0.2, 0.25) is 0 Å². The molecule has 0 aliphatic rings. The smallest absolute Gasteiger partial charge is 0.339 e. The Morgan fingerprint density at radius 3 is 2.65 bits per heavy atom. The van der Waals surface area contributed by atoms with Crippen molar-refractivity contribution in [3.05, 3.63) is 35.0 Å². The molecule has 1 aromatic heterocycles. The van der Waals surface area contributed by atoms with Crippen LogP contribution in [0.15, 0.2) is 24.3 Å². The second-order valence-corrected chi connectivity index (χ2v) is 3.85. The molecule has 1 N–H and O–H groups in total. The number of carboxylic acid groups (broad SMARTS) is 1. The van der Waals surface area contributed by atoms with Crippen molar-refractivity contribution in [2.75, 3.05) is 0 Å². The van der Waals surface area contributed by atoms with Gasteiger partial charge in [-0.25, -0.2) is 13.6 Å². The molecule has 0 saturated heterocycles. The van der Waals surface area contributed by atoms with Gasteiger partial charge in [-0.15, -0.1) is 0 Å². The van der Waals surface area contributed by atoms with Crippen molar-refractivity contribution in [3.8, 4) is 0 Å². The number of carboxylic acids is 1. The number of nitrogens with zero attached hydrogens (tertiary/aromatic N) is 1. The summed E-state index contributed by atoms with van der Waals surface area (Å²) in [4.78, 5) is 11.0. The van der Waals surface area contributed by atoms with E-state index in [0.717, 1.165) is 4.57 Å². The van der Waals surface area contributed by atoms with Crippen LogP contribution in [0.4, 0.5) is 8.78 Å². The summed E-state index contributed by atoms with van der Waals surface area (Å²) in [5, 5.41) is 9.22. The number of alkyl halides is 2. The maximum absolute atomic E-state index is 12.4. The number of aromatic nitrogens is 1. The van der Waals surface area contributed by atoms with Crippen LogP contribution in [0.1, 0.15) is 10.4 Å². The summed E-state index contributed by atoms with van der Waals surface area (Å²) in [6, 6.07) is 6.40. The molecule has 1 heterocycles. The van der Waals surface area contributed by atoms with Crippen LogP contribution in [-0.2, 0) is 6.54 Å². The Morgan fingerprint density at radius 1 is 1.41 bits per heavy atom. The van der Waals surface area contributed by atoms with Gasteiger partial charge >= 0.3 is 5.97 Å². The first-order chi connectivity index (χ1) is 8.02. The second kappa shape index (κ2) is 4.33. The Labute approximate surface area is 100 Å². The van der Waals surface area contributed by atoms with E-state index in [1.54, 1.807) is 24.3 Å². The molecule has 1 aromatic carbocycles. The van der Waals surface area contributed by atoms with Crippen molar-refractivity contribution in [2.24, 2.45) is 0 Å². The fraction of sp³-hybridized carbons (Fsp3) is 0.182. The highest BCUT2D eigenvalue weighted by Crippen LogP contribution is 2.30. The molecule has 0 fully saturated rings. The number of benzene rings is 1. The molecule has 0 bridgehead atoms. The van der Waals surface area contributed by atoms with E-state index in [1.807, 2.05) is 0 Å². The zero-order valence-corrected chi connectivity index (χ0v) is 9.29. The zero-order valence-electron chi connectivity index (χ0n) is 8.53. The van der Waals surface area contributed by atoms with Crippen LogP contribution in [0.5, 0.6) is 0 Å². The lowest BCUT2D eigenvalue weighted by Gasteiger charge is -2.05. The van der Waals surface area contributed by atoms with Gasteiger partial charge in [-0.3, -0.25) is 0 Å². The number of hydrogen-bond donors (Lipinski definition) is 1. The van der Waals surface area contributed by atoms with Crippen molar-refractivity contribution in [1.82, 2.24) is 4.57 Å². The molecule has 17 heavy (non-hydrogen) atoms. The molecular formula is C11H8ClF2NO2. The summed E-state index contributed by atoms with van der Waals surface area (Å²) in [6.45, 7) is -0.618. The van der Waals surface area contributed by atoms with Crippen LogP contribution in [0, 0.1) is 0 Å². The zero-order chi connectivity index (χ0) is 12.6. The molecule has 0 amide bonds. The standard InChI is InChI=1S/C11H8ClF2NO2/c12-10-9(11(16)17)6-3-1-2-4-7(6)15(10)5-8(13)14/h1-4,8H,5H2,(H,16,17). The van der Waals surface area contributed by atoms with Crippen LogP contribution in [0.2, 0.25) is 5.15 Å². The third kappa shape index (κ3) is 1.98. The normalized spacial score (nSPS) is 11.3. The van der Waals surface area contributed by atoms with Crippen LogP contribution in [0.3, 0.4) is 0 Å². The molecule has 0 saturated carbocycles. The lowest BCUT2D eigenvalue weighted by molar-refractivity contribution is 0.0698. The van der Waals surface area contributed by atoms with Crippen molar-refractivity contribution >= 4 is 28.5 Å². The molecule has 0 aliphatic heterocycles. The van der Waals surface area contributed by atoms with Gasteiger partial charge in [-0.05, 0) is 6.07 Å². The van der Waals surface area contributed by atoms with Gasteiger partial charge in [0.25, 0.3) is 6.43 Å². The van der Waals surface area contributed by atoms with Gasteiger partial charge < -0.3 is 9.67 Å². The maximum Gasteiger partial charge on any atom is 0.339 e. The molecule has 0 unspecified atom stereocenters. The van der Waals surface area contributed by atoms with Crippen molar-refractivity contribution < 1.29 is 18.7 Å². The van der Waals surface area contributed by atoms with Crippen molar-refractivity contribution in [1.29, 1.82) is 0 Å². The van der Waals surface area contributed by atoms with Crippen molar-refractivity contribution in [2.45, 2.75) is 13.0 Å². The summed E-state index contributed by atoms with van der Waals surface area (Å²) in [5.74, 6) is -1.22. The summed E-state index contributed by atoms with van der Waals surface area (Å²) in [5.41, 5.74) is 0.262. The Morgan fingerprint density at radius 2 is 2.06 bits per heavy atom. The van der Waals surface area contributed by atoms with E-state index in [1.165, 1.54) is 0 Å². The fourth-order valence-electron chi connectivity index (χ4n) is 1.79. The summed E-state index contributed by atoms with van der Waals surface area (Å²) >= 11 is 5.84. The predicted molar refractivity (Wildman–Crippen MR) is 59.9 cm³/mol. The van der Waals surface area contributed by atoms with Crippen LogP contribution in [-0.4, -0.2) is 22.1 Å². The average molecular weight is 260 g/mol. The third-order valence-corrected chi connectivity index (χ3v) is 2.83. The Hall–Kier alpha value is -1.62. The number of fused-ring (bicyclic) bond motifs is 1. The van der Waals surface area contributed by atoms with Gasteiger partial charge in [0.1, 0.15) is 10.7 Å². The van der Waals surface area contributed by atoms with E-state index >= 15 is 0 Å². The minimum Gasteiger partial charge on any atom is -0.478 e. The first kappa shape index (κ1) is 11.9. The molecule has 0 spiro atoms. The number of aromatic carboxylic acids is 1. The highest BCUT2D eigenvalue weighted by Gasteiger charge is 2.21. The molecule has 0 radical (unpaired) electrons. The van der Waals surface area contributed by atoms with E-state index in [-0.39, 0.29) is 10.7 Å². The minimum absolute atomic E-state index is 0.136. The van der Waals surface area contributed by atoms with Crippen LogP contribution < -0.4 is 0 Å². The Kier molecular flexibility index (Phi) is 3.02. The van der Waals surface area contributed by atoms with Crippen LogP contribution in [0.25, 0.3) is 10.9 Å². The molecule has 0 aliphatic carbocycles. The van der Waals surface area contributed by atoms with Gasteiger partial charge in [0, 0.05) is 5.39 Å². The lowest BCUT2D eigenvalue weighted by Crippen LogP contribution is -2.07. The Bertz CT molecular complexity index is 580. The van der Waals surface area contributed by atoms with Gasteiger partial charge in [-0.2, -0.15) is 0 Å². The average Bonchev–Trinajstić information content (AvgIpc) is 2.52. The van der Waals surface area contributed by atoms with E-state index in [2.05, 4.69) is 0 Å². The van der Waals surface area contributed by atoms with Gasteiger partial charge in [0.05, 0.1) is 12.1 Å². The largest absolute Gasteiger partial charge is 0.478 e. The number of hydrogen-bond acceptors (Lipinski definition) is 1. The topological polar surface area (TPSA) is 42.2 Å². The first-order valence-electron chi connectivity index (χ1n) is 4.80. The first-order valence-corrected chi connectivity index (χ1v) is 5.18. The molecule has 3 nitrogen and oxygen atoms in total. The molecule has 2 rings (SSSR count). The number of rotatable bonds is 3. The van der Waals surface area contributed by atoms with Crippen LogP contribution >= 0.6 is 11.6 Å². The van der Waals surface area contributed by atoms with E-state index in [9.17, 15) is 13.6 Å². The molecule has 6 heteroatoms. The SMILES string of the molecule is O=C(O)c1c(Cl)n(CC(F)F)c2ccccc12. The van der Waals surface area contributed by atoms with Gasteiger partial charge in [0.15, 0.2) is 0 Å². The maximum atomic E-state index is 12.4. The highest BCUT2D eigenvalue weighted by atomic mass is 35.5. The fourth-order valence-corrected chi connectivity index (χ4v) is 2.13. The summed E-state index contributed by atoms with van der Waals surface area (Å²) < 4.78 is 25.9. The predicted octanol–water partition coefficient (Wildman–Crippen LogP) is 3.26. The number of para-hydroxylation sites is 1.